The number of anilines is 1. The van der Waals surface area contributed by atoms with Crippen LogP contribution < -0.4 is 5.32 Å². The molecule has 0 aliphatic carbocycles. The monoisotopic (exact) mass is 271 g/mol. The lowest BCUT2D eigenvalue weighted by atomic mass is 10.2. The molecule has 0 bridgehead atoms. The first-order valence-corrected chi connectivity index (χ1v) is 7.04. The zero-order valence-corrected chi connectivity index (χ0v) is 11.4. The summed E-state index contributed by atoms with van der Waals surface area (Å²) in [5, 5.41) is 4.59. The van der Waals surface area contributed by atoms with Gasteiger partial charge in [-0.05, 0) is 42.6 Å². The molecule has 1 atom stereocenters. The minimum Gasteiger partial charge on any atom is -0.378 e. The van der Waals surface area contributed by atoms with E-state index in [1.165, 1.54) is 27.1 Å². The summed E-state index contributed by atoms with van der Waals surface area (Å²) in [6.07, 6.45) is 0. The Morgan fingerprint density at radius 1 is 1.05 bits per heavy atom. The maximum absolute atomic E-state index is 13.2. The summed E-state index contributed by atoms with van der Waals surface area (Å²) >= 11 is 1.77. The van der Waals surface area contributed by atoms with Gasteiger partial charge in [-0.15, -0.1) is 11.3 Å². The first-order chi connectivity index (χ1) is 9.22. The average molecular weight is 271 g/mol. The SMILES string of the molecule is CC(Nc1cccc(F)c1)c1cc2ccccc2s1. The molecule has 1 N–H and O–H groups in total. The fourth-order valence-corrected chi connectivity index (χ4v) is 3.18. The van der Waals surface area contributed by atoms with Crippen LogP contribution in [0.25, 0.3) is 10.1 Å². The van der Waals surface area contributed by atoms with Crippen molar-refractivity contribution in [2.45, 2.75) is 13.0 Å². The first kappa shape index (κ1) is 12.2. The van der Waals surface area contributed by atoms with Crippen LogP contribution in [0.1, 0.15) is 17.8 Å². The molecule has 0 saturated heterocycles. The Kier molecular flexibility index (Phi) is 3.22. The van der Waals surface area contributed by atoms with Crippen molar-refractivity contribution in [3.05, 3.63) is 65.3 Å². The number of thiophene rings is 1. The summed E-state index contributed by atoms with van der Waals surface area (Å²) in [5.74, 6) is -0.214. The van der Waals surface area contributed by atoms with Crippen molar-refractivity contribution < 1.29 is 4.39 Å². The Morgan fingerprint density at radius 2 is 1.89 bits per heavy atom. The topological polar surface area (TPSA) is 12.0 Å². The number of nitrogens with one attached hydrogen (secondary N) is 1. The molecule has 1 nitrogen and oxygen atoms in total. The Balaban J connectivity index is 1.85. The highest BCUT2D eigenvalue weighted by molar-refractivity contribution is 7.19. The maximum Gasteiger partial charge on any atom is 0.125 e. The standard InChI is InChI=1S/C16H14FNS/c1-11(18-14-7-4-6-13(17)10-14)16-9-12-5-2-3-8-15(12)19-16/h2-11,18H,1H3. The van der Waals surface area contributed by atoms with Crippen LogP contribution in [0.2, 0.25) is 0 Å². The highest BCUT2D eigenvalue weighted by Gasteiger charge is 2.09. The van der Waals surface area contributed by atoms with Gasteiger partial charge in [0.2, 0.25) is 0 Å². The highest BCUT2D eigenvalue weighted by Crippen LogP contribution is 2.31. The van der Waals surface area contributed by atoms with Crippen LogP contribution in [-0.2, 0) is 0 Å². The highest BCUT2D eigenvalue weighted by atomic mass is 32.1. The molecular formula is C16H14FNS. The summed E-state index contributed by atoms with van der Waals surface area (Å²) in [5.41, 5.74) is 0.810. The van der Waals surface area contributed by atoms with E-state index in [9.17, 15) is 4.39 Å². The third-order valence-electron chi connectivity index (χ3n) is 3.08. The van der Waals surface area contributed by atoms with E-state index in [2.05, 4.69) is 30.4 Å². The van der Waals surface area contributed by atoms with Crippen molar-refractivity contribution in [1.29, 1.82) is 0 Å². The van der Waals surface area contributed by atoms with Crippen LogP contribution in [0.5, 0.6) is 0 Å². The number of benzene rings is 2. The van der Waals surface area contributed by atoms with E-state index in [0.29, 0.717) is 0 Å². The number of fused-ring (bicyclic) bond motifs is 1. The fourth-order valence-electron chi connectivity index (χ4n) is 2.12. The van der Waals surface area contributed by atoms with Crippen molar-refractivity contribution in [2.75, 3.05) is 5.32 Å². The smallest absolute Gasteiger partial charge is 0.125 e. The van der Waals surface area contributed by atoms with Crippen LogP contribution in [0, 0.1) is 5.82 Å². The quantitative estimate of drug-likeness (QED) is 0.689. The van der Waals surface area contributed by atoms with E-state index in [1.54, 1.807) is 17.4 Å². The van der Waals surface area contributed by atoms with Crippen LogP contribution >= 0.6 is 11.3 Å². The van der Waals surface area contributed by atoms with E-state index >= 15 is 0 Å². The van der Waals surface area contributed by atoms with Gasteiger partial charge in [0.25, 0.3) is 0 Å². The van der Waals surface area contributed by atoms with Crippen LogP contribution in [0.15, 0.2) is 54.6 Å². The summed E-state index contributed by atoms with van der Waals surface area (Å²) < 4.78 is 14.4. The minimum atomic E-state index is -0.214. The molecule has 0 amide bonds. The summed E-state index contributed by atoms with van der Waals surface area (Å²) in [6, 6.07) is 17.3. The molecule has 19 heavy (non-hydrogen) atoms. The van der Waals surface area contributed by atoms with Gasteiger partial charge >= 0.3 is 0 Å². The van der Waals surface area contributed by atoms with E-state index in [0.717, 1.165) is 5.69 Å². The molecule has 3 aromatic rings. The summed E-state index contributed by atoms with van der Waals surface area (Å²) in [4.78, 5) is 1.26. The number of hydrogen-bond donors (Lipinski definition) is 1. The van der Waals surface area contributed by atoms with Gasteiger partial charge < -0.3 is 5.32 Å². The number of rotatable bonds is 3. The molecule has 1 aromatic heterocycles. The minimum absolute atomic E-state index is 0.166. The number of halogens is 1. The molecule has 3 rings (SSSR count). The molecule has 3 heteroatoms. The van der Waals surface area contributed by atoms with E-state index in [4.69, 9.17) is 0 Å². The second kappa shape index (κ2) is 5.02. The van der Waals surface area contributed by atoms with E-state index < -0.39 is 0 Å². The van der Waals surface area contributed by atoms with Gasteiger partial charge in [0, 0.05) is 15.3 Å². The first-order valence-electron chi connectivity index (χ1n) is 6.23. The van der Waals surface area contributed by atoms with Crippen molar-refractivity contribution in [2.24, 2.45) is 0 Å². The Bertz CT molecular complexity index is 672. The van der Waals surface area contributed by atoms with Gasteiger partial charge in [0.15, 0.2) is 0 Å². The van der Waals surface area contributed by atoms with Gasteiger partial charge in [-0.2, -0.15) is 0 Å². The predicted molar refractivity (Wildman–Crippen MR) is 80.3 cm³/mol. The van der Waals surface area contributed by atoms with Gasteiger partial charge in [-0.25, -0.2) is 4.39 Å². The van der Waals surface area contributed by atoms with Gasteiger partial charge in [0.1, 0.15) is 5.82 Å². The lowest BCUT2D eigenvalue weighted by Crippen LogP contribution is -2.04. The fraction of sp³-hybridized carbons (Fsp3) is 0.125. The zero-order chi connectivity index (χ0) is 13.2. The van der Waals surface area contributed by atoms with Crippen molar-refractivity contribution in [3.8, 4) is 0 Å². The predicted octanol–water partition coefficient (Wildman–Crippen LogP) is 5.21. The number of hydrogen-bond acceptors (Lipinski definition) is 2. The maximum atomic E-state index is 13.2. The lowest BCUT2D eigenvalue weighted by molar-refractivity contribution is 0.628. The van der Waals surface area contributed by atoms with E-state index in [1.807, 2.05) is 18.2 Å². The Hall–Kier alpha value is -1.87. The van der Waals surface area contributed by atoms with Crippen molar-refractivity contribution in [1.82, 2.24) is 0 Å². The van der Waals surface area contributed by atoms with Crippen molar-refractivity contribution in [3.63, 3.8) is 0 Å². The Morgan fingerprint density at radius 3 is 2.68 bits per heavy atom. The molecule has 1 heterocycles. The molecule has 96 valence electrons. The normalized spacial score (nSPS) is 12.5. The molecule has 0 aliphatic rings. The molecule has 1 unspecified atom stereocenters. The average Bonchev–Trinajstić information content (AvgIpc) is 2.82. The molecular weight excluding hydrogens is 257 g/mol. The van der Waals surface area contributed by atoms with Crippen molar-refractivity contribution >= 4 is 27.1 Å². The van der Waals surface area contributed by atoms with E-state index in [-0.39, 0.29) is 11.9 Å². The van der Waals surface area contributed by atoms with Gasteiger partial charge in [0.05, 0.1) is 6.04 Å². The molecule has 0 fully saturated rings. The van der Waals surface area contributed by atoms with Crippen LogP contribution in [0.4, 0.5) is 10.1 Å². The largest absolute Gasteiger partial charge is 0.378 e. The molecule has 0 aliphatic heterocycles. The lowest BCUT2D eigenvalue weighted by Gasteiger charge is -2.13. The molecule has 2 aromatic carbocycles. The van der Waals surface area contributed by atoms with Gasteiger partial charge in [-0.3, -0.25) is 0 Å². The Labute approximate surface area is 115 Å². The second-order valence-electron chi connectivity index (χ2n) is 4.56. The summed E-state index contributed by atoms with van der Waals surface area (Å²) in [6.45, 7) is 2.09. The zero-order valence-electron chi connectivity index (χ0n) is 10.6. The summed E-state index contributed by atoms with van der Waals surface area (Å²) in [7, 11) is 0. The second-order valence-corrected chi connectivity index (χ2v) is 5.68. The van der Waals surface area contributed by atoms with Crippen LogP contribution in [0.3, 0.4) is 0 Å². The third kappa shape index (κ3) is 2.61. The third-order valence-corrected chi connectivity index (χ3v) is 4.38. The van der Waals surface area contributed by atoms with Gasteiger partial charge in [-0.1, -0.05) is 24.3 Å². The van der Waals surface area contributed by atoms with Crippen LogP contribution in [-0.4, -0.2) is 0 Å². The molecule has 0 saturated carbocycles. The molecule has 0 spiro atoms. The molecule has 0 radical (unpaired) electrons.